The Hall–Kier alpha value is -1.24. The smallest absolute Gasteiger partial charge is 0.122 e. The minimum absolute atomic E-state index is 0.610. The Morgan fingerprint density at radius 3 is 2.55 bits per heavy atom. The molecular formula is C10H12O. The largest absolute Gasteiger partial charge is 0.489 e. The van der Waals surface area contributed by atoms with Crippen LogP contribution < -0.4 is 0 Å². The van der Waals surface area contributed by atoms with E-state index in [1.807, 2.05) is 0 Å². The van der Waals surface area contributed by atoms with E-state index in [1.165, 1.54) is 0 Å². The van der Waals surface area contributed by atoms with E-state index in [0.717, 1.165) is 23.3 Å². The molecule has 0 aromatic carbocycles. The van der Waals surface area contributed by atoms with Gasteiger partial charge in [0.25, 0.3) is 0 Å². The molecule has 1 nitrogen and oxygen atoms in total. The third kappa shape index (κ3) is 1.61. The monoisotopic (exact) mass is 148 g/mol. The van der Waals surface area contributed by atoms with Crippen molar-refractivity contribution in [3.63, 3.8) is 0 Å². The number of hydrogen-bond acceptors (Lipinski definition) is 1. The summed E-state index contributed by atoms with van der Waals surface area (Å²) in [5.74, 6) is 0.840. The van der Waals surface area contributed by atoms with Gasteiger partial charge >= 0.3 is 0 Å². The Morgan fingerprint density at radius 1 is 1.27 bits per heavy atom. The van der Waals surface area contributed by atoms with Gasteiger partial charge < -0.3 is 4.74 Å². The van der Waals surface area contributed by atoms with Gasteiger partial charge in [0, 0.05) is 6.42 Å². The van der Waals surface area contributed by atoms with Crippen molar-refractivity contribution in [2.75, 3.05) is 6.61 Å². The molecule has 0 bridgehead atoms. The van der Waals surface area contributed by atoms with Crippen LogP contribution in [0.4, 0.5) is 0 Å². The lowest BCUT2D eigenvalue weighted by Gasteiger charge is -2.18. The van der Waals surface area contributed by atoms with Gasteiger partial charge in [-0.05, 0) is 17.2 Å². The second kappa shape index (κ2) is 3.24. The Kier molecular flexibility index (Phi) is 2.32. The van der Waals surface area contributed by atoms with E-state index in [1.54, 1.807) is 12.2 Å². The van der Waals surface area contributed by atoms with E-state index in [0.29, 0.717) is 6.61 Å². The van der Waals surface area contributed by atoms with Gasteiger partial charge in [0.15, 0.2) is 0 Å². The van der Waals surface area contributed by atoms with Crippen molar-refractivity contribution in [1.82, 2.24) is 0 Å². The second-order valence-corrected chi connectivity index (χ2v) is 2.51. The van der Waals surface area contributed by atoms with E-state index in [-0.39, 0.29) is 0 Å². The minimum Gasteiger partial charge on any atom is -0.489 e. The highest BCUT2D eigenvalue weighted by Crippen LogP contribution is 2.22. The lowest BCUT2D eigenvalue weighted by molar-refractivity contribution is 0.237. The molecule has 0 atom stereocenters. The molecule has 58 valence electrons. The first-order valence-electron chi connectivity index (χ1n) is 3.55. The van der Waals surface area contributed by atoms with E-state index in [9.17, 15) is 0 Å². The maximum absolute atomic E-state index is 5.33. The third-order valence-electron chi connectivity index (χ3n) is 1.62. The Labute approximate surface area is 67.4 Å². The first kappa shape index (κ1) is 7.86. The van der Waals surface area contributed by atoms with Gasteiger partial charge in [-0.25, -0.2) is 0 Å². The summed E-state index contributed by atoms with van der Waals surface area (Å²) < 4.78 is 5.33. The molecule has 0 fully saturated rings. The summed E-state index contributed by atoms with van der Waals surface area (Å²) >= 11 is 0. The zero-order valence-electron chi connectivity index (χ0n) is 6.60. The Balaban J connectivity index is 2.91. The summed E-state index contributed by atoms with van der Waals surface area (Å²) in [4.78, 5) is 0. The molecule has 0 spiro atoms. The molecule has 0 saturated carbocycles. The molecule has 0 N–H and O–H groups in total. The van der Waals surface area contributed by atoms with Crippen LogP contribution in [0.15, 0.2) is 48.8 Å². The molecule has 1 aliphatic heterocycles. The average Bonchev–Trinajstić information content (AvgIpc) is 2.04. The van der Waals surface area contributed by atoms with Crippen LogP contribution in [0.1, 0.15) is 6.42 Å². The van der Waals surface area contributed by atoms with Crippen LogP contribution in [-0.2, 0) is 4.74 Å². The molecule has 0 aliphatic carbocycles. The topological polar surface area (TPSA) is 9.23 Å². The first-order valence-corrected chi connectivity index (χ1v) is 3.55. The van der Waals surface area contributed by atoms with Crippen LogP contribution in [0.25, 0.3) is 0 Å². The average molecular weight is 148 g/mol. The predicted molar refractivity (Wildman–Crippen MR) is 47.1 cm³/mol. The summed E-state index contributed by atoms with van der Waals surface area (Å²) in [7, 11) is 0. The van der Waals surface area contributed by atoms with E-state index in [4.69, 9.17) is 4.74 Å². The molecule has 0 aromatic rings. The van der Waals surface area contributed by atoms with Crippen molar-refractivity contribution >= 4 is 0 Å². The molecule has 1 aliphatic rings. The summed E-state index contributed by atoms with van der Waals surface area (Å²) in [5, 5.41) is 0. The van der Waals surface area contributed by atoms with Gasteiger partial charge in [-0.1, -0.05) is 25.8 Å². The molecule has 0 aromatic heterocycles. The summed E-state index contributed by atoms with van der Waals surface area (Å²) in [6.07, 6.45) is 4.37. The van der Waals surface area contributed by atoms with Crippen molar-refractivity contribution in [2.24, 2.45) is 0 Å². The van der Waals surface area contributed by atoms with Crippen molar-refractivity contribution in [3.05, 3.63) is 48.8 Å². The fourth-order valence-electron chi connectivity index (χ4n) is 1.04. The first-order chi connectivity index (χ1) is 5.27. The summed E-state index contributed by atoms with van der Waals surface area (Å²) in [6.45, 7) is 11.8. The van der Waals surface area contributed by atoms with Crippen LogP contribution in [0.5, 0.6) is 0 Å². The van der Waals surface area contributed by atoms with E-state index < -0.39 is 0 Å². The Bertz CT molecular complexity index is 233. The highest BCUT2D eigenvalue weighted by Gasteiger charge is 2.10. The maximum atomic E-state index is 5.33. The molecule has 0 radical (unpaired) electrons. The zero-order chi connectivity index (χ0) is 8.27. The molecule has 0 saturated heterocycles. The van der Waals surface area contributed by atoms with Crippen LogP contribution in [0, 0.1) is 0 Å². The summed E-state index contributed by atoms with van der Waals surface area (Å²) in [6, 6.07) is 0. The Morgan fingerprint density at radius 2 is 2.00 bits per heavy atom. The van der Waals surface area contributed by atoms with Gasteiger partial charge in [-0.15, -0.1) is 0 Å². The van der Waals surface area contributed by atoms with Gasteiger partial charge in [-0.2, -0.15) is 0 Å². The van der Waals surface area contributed by atoms with Gasteiger partial charge in [-0.3, -0.25) is 0 Å². The van der Waals surface area contributed by atoms with Crippen molar-refractivity contribution in [3.8, 4) is 0 Å². The van der Waals surface area contributed by atoms with Gasteiger partial charge in [0.05, 0.1) is 0 Å². The molecule has 1 heteroatoms. The van der Waals surface area contributed by atoms with E-state index in [2.05, 4.69) is 19.7 Å². The fraction of sp³-hybridized carbons (Fsp3) is 0.200. The number of hydrogen-bond donors (Lipinski definition) is 0. The summed E-state index contributed by atoms with van der Waals surface area (Å²) in [5.41, 5.74) is 2.17. The van der Waals surface area contributed by atoms with Gasteiger partial charge in [0.2, 0.25) is 0 Å². The molecule has 1 heterocycles. The van der Waals surface area contributed by atoms with Crippen LogP contribution in [0.3, 0.4) is 0 Å². The maximum Gasteiger partial charge on any atom is 0.122 e. The quantitative estimate of drug-likeness (QED) is 0.547. The lowest BCUT2D eigenvalue weighted by Crippen LogP contribution is -2.06. The molecular weight excluding hydrogens is 136 g/mol. The van der Waals surface area contributed by atoms with Crippen molar-refractivity contribution < 1.29 is 4.74 Å². The highest BCUT2D eigenvalue weighted by atomic mass is 16.5. The van der Waals surface area contributed by atoms with Crippen LogP contribution >= 0.6 is 0 Å². The van der Waals surface area contributed by atoms with Crippen LogP contribution in [-0.4, -0.2) is 6.61 Å². The number of rotatable bonds is 2. The van der Waals surface area contributed by atoms with Crippen molar-refractivity contribution in [2.45, 2.75) is 6.42 Å². The molecule has 1 rings (SSSR count). The molecule has 0 amide bonds. The van der Waals surface area contributed by atoms with Crippen LogP contribution in [0.2, 0.25) is 0 Å². The SMILES string of the molecule is C=CC1=C(C=C)OCC(=C)C1. The predicted octanol–water partition coefficient (Wildman–Crippen LogP) is 2.59. The molecule has 11 heavy (non-hydrogen) atoms. The van der Waals surface area contributed by atoms with E-state index >= 15 is 0 Å². The standard InChI is InChI=1S/C10H12O/c1-4-9-6-8(3)7-11-10(9)5-2/h4-5H,1-3,6-7H2. The number of ether oxygens (including phenoxy) is 1. The number of allylic oxidation sites excluding steroid dienone is 3. The fourth-order valence-corrected chi connectivity index (χ4v) is 1.04. The van der Waals surface area contributed by atoms with Crippen molar-refractivity contribution in [1.29, 1.82) is 0 Å². The highest BCUT2D eigenvalue weighted by molar-refractivity contribution is 5.33. The van der Waals surface area contributed by atoms with Gasteiger partial charge in [0.1, 0.15) is 12.4 Å². The lowest BCUT2D eigenvalue weighted by atomic mass is 10.0. The normalized spacial score (nSPS) is 17.6. The second-order valence-electron chi connectivity index (χ2n) is 2.51. The molecule has 0 unspecified atom stereocenters. The zero-order valence-corrected chi connectivity index (χ0v) is 6.60. The minimum atomic E-state index is 0.610. The third-order valence-corrected chi connectivity index (χ3v) is 1.62.